The predicted molar refractivity (Wildman–Crippen MR) is 120 cm³/mol. The van der Waals surface area contributed by atoms with E-state index in [-0.39, 0.29) is 40.5 Å². The maximum Gasteiger partial charge on any atom is 0.337 e. The van der Waals surface area contributed by atoms with Crippen LogP contribution in [-0.2, 0) is 11.3 Å². The van der Waals surface area contributed by atoms with E-state index in [2.05, 4.69) is 20.3 Å². The van der Waals surface area contributed by atoms with Crippen molar-refractivity contribution in [3.63, 3.8) is 0 Å². The third-order valence-corrected chi connectivity index (χ3v) is 5.36. The third kappa shape index (κ3) is 5.83. The Labute approximate surface area is 190 Å². The lowest BCUT2D eigenvalue weighted by Gasteiger charge is -2.28. The number of halogens is 1. The van der Waals surface area contributed by atoms with E-state index in [9.17, 15) is 9.59 Å². The summed E-state index contributed by atoms with van der Waals surface area (Å²) in [5, 5.41) is 2.35. The summed E-state index contributed by atoms with van der Waals surface area (Å²) in [6, 6.07) is 7.31. The first-order valence-corrected chi connectivity index (χ1v) is 10.4. The second-order valence-corrected chi connectivity index (χ2v) is 7.83. The van der Waals surface area contributed by atoms with Crippen LogP contribution in [0.2, 0.25) is 5.15 Å². The molecular weight excluding hydrogens is 436 g/mol. The normalized spacial score (nSPS) is 18.8. The number of methoxy groups -OCH3 is 1. The van der Waals surface area contributed by atoms with Gasteiger partial charge in [0.1, 0.15) is 19.1 Å². The van der Waals surface area contributed by atoms with Crippen LogP contribution in [0.3, 0.4) is 0 Å². The van der Waals surface area contributed by atoms with Gasteiger partial charge in [-0.15, -0.1) is 0 Å². The number of nitrogens with one attached hydrogen (secondary N) is 2. The van der Waals surface area contributed by atoms with E-state index in [4.69, 9.17) is 33.5 Å². The lowest BCUT2D eigenvalue weighted by atomic mass is 10.0. The van der Waals surface area contributed by atoms with Crippen LogP contribution in [-0.4, -0.2) is 54.0 Å². The van der Waals surface area contributed by atoms with E-state index < -0.39 is 5.91 Å². The molecule has 1 fully saturated rings. The van der Waals surface area contributed by atoms with Crippen molar-refractivity contribution in [3.05, 3.63) is 46.2 Å². The molecule has 1 aromatic carbocycles. The summed E-state index contributed by atoms with van der Waals surface area (Å²) >= 11 is 5.82. The lowest BCUT2D eigenvalue weighted by Crippen LogP contribution is -3.12. The monoisotopic (exact) mass is 461 g/mol. The van der Waals surface area contributed by atoms with Crippen LogP contribution in [0.4, 0.5) is 11.6 Å². The number of hydrogen-bond acceptors (Lipinski definition) is 8. The van der Waals surface area contributed by atoms with Gasteiger partial charge in [0.05, 0.1) is 19.2 Å². The molecule has 12 heteroatoms. The minimum absolute atomic E-state index is 0.0388. The third-order valence-electron chi connectivity index (χ3n) is 5.08. The molecule has 0 saturated carbocycles. The molecular formula is C20H26ClN8O3+. The SMILES string of the molecule is COC(=O)c1cccc(C[NH+]2CCC[C@H](N=C(N)NC(=O)c3nc(Cl)c(N)nc3N)C2)c1. The first-order valence-electron chi connectivity index (χ1n) is 10.0. The average Bonchev–Trinajstić information content (AvgIpc) is 2.76. The van der Waals surface area contributed by atoms with Crippen molar-refractivity contribution in [1.82, 2.24) is 15.3 Å². The summed E-state index contributed by atoms with van der Waals surface area (Å²) in [5.41, 5.74) is 18.5. The van der Waals surface area contributed by atoms with Crippen LogP contribution >= 0.6 is 11.6 Å². The number of anilines is 2. The van der Waals surface area contributed by atoms with Crippen LogP contribution in [0.25, 0.3) is 0 Å². The number of aliphatic imine (C=N–C) groups is 1. The number of rotatable bonds is 5. The number of guanidine groups is 1. The van der Waals surface area contributed by atoms with Gasteiger partial charge in [0.25, 0.3) is 5.91 Å². The summed E-state index contributed by atoms with van der Waals surface area (Å²) in [7, 11) is 1.36. The van der Waals surface area contributed by atoms with Gasteiger partial charge in [-0.1, -0.05) is 23.7 Å². The number of piperidine rings is 1. The van der Waals surface area contributed by atoms with E-state index >= 15 is 0 Å². The van der Waals surface area contributed by atoms with Gasteiger partial charge in [-0.2, -0.15) is 0 Å². The molecule has 0 bridgehead atoms. The van der Waals surface area contributed by atoms with Crippen molar-refractivity contribution < 1.29 is 19.2 Å². The molecule has 0 spiro atoms. The van der Waals surface area contributed by atoms with Gasteiger partial charge in [0, 0.05) is 5.56 Å². The van der Waals surface area contributed by atoms with E-state index in [0.29, 0.717) is 5.56 Å². The molecule has 1 aliphatic heterocycles. The summed E-state index contributed by atoms with van der Waals surface area (Å²) in [6.07, 6.45) is 1.80. The van der Waals surface area contributed by atoms with E-state index in [1.807, 2.05) is 18.2 Å². The molecule has 1 amide bonds. The standard InChI is InChI=1S/C20H25ClN8O3/c1-32-19(31)12-5-2-4-11(8-12)9-29-7-3-6-13(10-29)25-20(24)28-18(30)14-16(22)27-17(23)15(21)26-14/h2,4-5,8,13H,3,6-7,9-10H2,1H3,(H4,22,23,27)(H3,24,25,28,30)/p+1/t13-/m0/s1. The molecule has 32 heavy (non-hydrogen) atoms. The number of hydrogen-bond donors (Lipinski definition) is 5. The molecule has 1 aromatic heterocycles. The lowest BCUT2D eigenvalue weighted by molar-refractivity contribution is -0.919. The van der Waals surface area contributed by atoms with Crippen LogP contribution in [0.15, 0.2) is 29.3 Å². The van der Waals surface area contributed by atoms with Crippen molar-refractivity contribution in [3.8, 4) is 0 Å². The molecule has 170 valence electrons. The number of quaternary nitrogens is 1. The number of esters is 1. The van der Waals surface area contributed by atoms with Gasteiger partial charge in [-0.05, 0) is 25.0 Å². The van der Waals surface area contributed by atoms with E-state index in [1.165, 1.54) is 12.0 Å². The predicted octanol–water partition coefficient (Wildman–Crippen LogP) is -0.627. The second-order valence-electron chi connectivity index (χ2n) is 7.47. The number of nitrogen functional groups attached to an aromatic ring is 2. The van der Waals surface area contributed by atoms with Crippen LogP contribution in [0.1, 0.15) is 39.3 Å². The van der Waals surface area contributed by atoms with Crippen LogP contribution in [0.5, 0.6) is 0 Å². The molecule has 0 aliphatic carbocycles. The number of carbonyl (C=O) groups is 2. The first kappa shape index (κ1) is 23.2. The molecule has 8 N–H and O–H groups in total. The maximum absolute atomic E-state index is 12.4. The first-order chi connectivity index (χ1) is 15.3. The van der Waals surface area contributed by atoms with Gasteiger partial charge < -0.3 is 26.8 Å². The van der Waals surface area contributed by atoms with Crippen molar-refractivity contribution in [2.45, 2.75) is 25.4 Å². The summed E-state index contributed by atoms with van der Waals surface area (Å²) in [4.78, 5) is 37.5. The molecule has 2 heterocycles. The van der Waals surface area contributed by atoms with Gasteiger partial charge in [0.2, 0.25) is 0 Å². The zero-order valence-electron chi connectivity index (χ0n) is 17.6. The Balaban J connectivity index is 1.62. The Morgan fingerprint density at radius 3 is 2.84 bits per heavy atom. The topological polar surface area (TPSA) is 176 Å². The van der Waals surface area contributed by atoms with Crippen molar-refractivity contribution in [2.75, 3.05) is 31.7 Å². The van der Waals surface area contributed by atoms with E-state index in [1.54, 1.807) is 6.07 Å². The van der Waals surface area contributed by atoms with Gasteiger partial charge in [-0.25, -0.2) is 19.8 Å². The molecule has 11 nitrogen and oxygen atoms in total. The minimum Gasteiger partial charge on any atom is -0.465 e. The fourth-order valence-corrected chi connectivity index (χ4v) is 3.75. The Hall–Kier alpha value is -3.44. The highest BCUT2D eigenvalue weighted by Gasteiger charge is 2.24. The maximum atomic E-state index is 12.4. The molecule has 2 atom stereocenters. The summed E-state index contributed by atoms with van der Waals surface area (Å²) < 4.78 is 4.78. The van der Waals surface area contributed by atoms with Gasteiger partial charge >= 0.3 is 5.97 Å². The molecule has 0 radical (unpaired) electrons. The Morgan fingerprint density at radius 1 is 1.31 bits per heavy atom. The molecule has 1 unspecified atom stereocenters. The minimum atomic E-state index is -0.669. The molecule has 3 rings (SSSR count). The highest BCUT2D eigenvalue weighted by atomic mass is 35.5. The number of nitrogens with zero attached hydrogens (tertiary/aromatic N) is 3. The summed E-state index contributed by atoms with van der Waals surface area (Å²) in [5.74, 6) is -1.29. The second kappa shape index (κ2) is 10.2. The Morgan fingerprint density at radius 2 is 2.09 bits per heavy atom. The van der Waals surface area contributed by atoms with Crippen molar-refractivity contribution in [2.24, 2.45) is 10.7 Å². The van der Waals surface area contributed by atoms with Gasteiger partial charge in [0.15, 0.2) is 28.4 Å². The summed E-state index contributed by atoms with van der Waals surface area (Å²) in [6.45, 7) is 2.44. The van der Waals surface area contributed by atoms with Gasteiger partial charge in [-0.3, -0.25) is 10.1 Å². The van der Waals surface area contributed by atoms with Crippen LogP contribution < -0.4 is 27.4 Å². The largest absolute Gasteiger partial charge is 0.465 e. The number of nitrogens with two attached hydrogens (primary N) is 3. The fraction of sp³-hybridized carbons (Fsp3) is 0.350. The average molecular weight is 462 g/mol. The highest BCUT2D eigenvalue weighted by molar-refractivity contribution is 6.31. The van der Waals surface area contributed by atoms with Crippen molar-refractivity contribution in [1.29, 1.82) is 0 Å². The zero-order chi connectivity index (χ0) is 23.3. The van der Waals surface area contributed by atoms with Crippen molar-refractivity contribution >= 4 is 41.1 Å². The fourth-order valence-electron chi connectivity index (χ4n) is 3.62. The molecule has 1 aliphatic rings. The highest BCUT2D eigenvalue weighted by Crippen LogP contribution is 2.17. The quantitative estimate of drug-likeness (QED) is 0.222. The van der Waals surface area contributed by atoms with Crippen LogP contribution in [0, 0.1) is 0 Å². The zero-order valence-corrected chi connectivity index (χ0v) is 18.4. The molecule has 2 aromatic rings. The number of likely N-dealkylation sites (tertiary alicyclic amines) is 1. The molecule has 1 saturated heterocycles. The number of aromatic nitrogens is 2. The Bertz CT molecular complexity index is 1050. The smallest absolute Gasteiger partial charge is 0.337 e. The number of ether oxygens (including phenoxy) is 1. The number of carbonyl (C=O) groups excluding carboxylic acids is 2. The number of benzene rings is 1. The van der Waals surface area contributed by atoms with E-state index in [0.717, 1.165) is 38.0 Å². The Kier molecular flexibility index (Phi) is 7.44. The number of amides is 1.